The van der Waals surface area contributed by atoms with Gasteiger partial charge in [-0.05, 0) is 13.0 Å². The Bertz CT molecular complexity index is 366. The third-order valence-electron chi connectivity index (χ3n) is 3.20. The number of rotatable bonds is 3. The Morgan fingerprint density at radius 3 is 2.94 bits per heavy atom. The molecule has 1 saturated heterocycles. The van der Waals surface area contributed by atoms with E-state index in [9.17, 15) is 4.79 Å². The Morgan fingerprint density at radius 2 is 2.22 bits per heavy atom. The lowest BCUT2D eigenvalue weighted by atomic mass is 10.4. The number of imidazole rings is 1. The van der Waals surface area contributed by atoms with E-state index in [1.54, 1.807) is 25.8 Å². The molecule has 0 atom stereocenters. The Kier molecular flexibility index (Phi) is 4.72. The number of nitrogens with zero attached hydrogens (tertiary/aromatic N) is 4. The average molecular weight is 252 g/mol. The highest BCUT2D eigenvalue weighted by Gasteiger charge is 2.19. The summed E-state index contributed by atoms with van der Waals surface area (Å²) in [6.45, 7) is 5.18. The van der Waals surface area contributed by atoms with Crippen LogP contribution in [-0.2, 0) is 4.74 Å². The molecule has 1 amide bonds. The van der Waals surface area contributed by atoms with E-state index < -0.39 is 0 Å². The van der Waals surface area contributed by atoms with Gasteiger partial charge >= 0.3 is 6.03 Å². The molecule has 0 radical (unpaired) electrons. The van der Waals surface area contributed by atoms with Crippen LogP contribution in [0.5, 0.6) is 0 Å². The van der Waals surface area contributed by atoms with Crippen LogP contribution in [0.4, 0.5) is 4.79 Å². The van der Waals surface area contributed by atoms with E-state index in [4.69, 9.17) is 4.74 Å². The maximum absolute atomic E-state index is 12.1. The van der Waals surface area contributed by atoms with E-state index in [0.29, 0.717) is 0 Å². The zero-order valence-corrected chi connectivity index (χ0v) is 10.8. The number of amides is 1. The Morgan fingerprint density at radius 1 is 1.33 bits per heavy atom. The lowest BCUT2D eigenvalue weighted by Gasteiger charge is -2.21. The third kappa shape index (κ3) is 3.30. The molecule has 0 unspecified atom stereocenters. The maximum atomic E-state index is 12.1. The molecule has 2 rings (SSSR count). The zero-order chi connectivity index (χ0) is 12.8. The van der Waals surface area contributed by atoms with Crippen LogP contribution < -0.4 is 0 Å². The van der Waals surface area contributed by atoms with Crippen LogP contribution in [-0.4, -0.2) is 71.8 Å². The monoisotopic (exact) mass is 252 g/mol. The molecule has 1 fully saturated rings. The molecule has 0 aromatic carbocycles. The molecule has 1 aliphatic rings. The van der Waals surface area contributed by atoms with Gasteiger partial charge in [0.2, 0.25) is 0 Å². The highest BCUT2D eigenvalue weighted by Crippen LogP contribution is 2.05. The fourth-order valence-electron chi connectivity index (χ4n) is 2.14. The summed E-state index contributed by atoms with van der Waals surface area (Å²) in [5.74, 6) is 0. The maximum Gasteiger partial charge on any atom is 0.329 e. The normalized spacial score (nSPS) is 17.7. The van der Waals surface area contributed by atoms with Crippen LogP contribution in [0.3, 0.4) is 0 Å². The van der Waals surface area contributed by atoms with Crippen molar-refractivity contribution in [3.63, 3.8) is 0 Å². The lowest BCUT2D eigenvalue weighted by Crippen LogP contribution is -2.37. The van der Waals surface area contributed by atoms with E-state index >= 15 is 0 Å². The fraction of sp³-hybridized carbons (Fsp3) is 0.667. The molecule has 1 aromatic rings. The molecule has 1 aromatic heterocycles. The molecule has 2 heterocycles. The van der Waals surface area contributed by atoms with Crippen molar-refractivity contribution in [2.45, 2.75) is 6.42 Å². The number of ether oxygens (including phenoxy) is 1. The number of carbonyl (C=O) groups is 1. The highest BCUT2D eigenvalue weighted by atomic mass is 16.5. The molecule has 1 aliphatic heterocycles. The molecule has 0 bridgehead atoms. The van der Waals surface area contributed by atoms with Crippen molar-refractivity contribution in [1.29, 1.82) is 0 Å². The second kappa shape index (κ2) is 6.51. The third-order valence-corrected chi connectivity index (χ3v) is 3.20. The van der Waals surface area contributed by atoms with E-state index in [1.165, 1.54) is 4.57 Å². The topological polar surface area (TPSA) is 50.6 Å². The number of methoxy groups -OCH3 is 1. The van der Waals surface area contributed by atoms with Crippen molar-refractivity contribution in [2.24, 2.45) is 0 Å². The van der Waals surface area contributed by atoms with Gasteiger partial charge in [0.25, 0.3) is 0 Å². The van der Waals surface area contributed by atoms with Gasteiger partial charge in [-0.2, -0.15) is 0 Å². The van der Waals surface area contributed by atoms with Gasteiger partial charge in [-0.25, -0.2) is 9.78 Å². The van der Waals surface area contributed by atoms with Gasteiger partial charge < -0.3 is 9.64 Å². The van der Waals surface area contributed by atoms with Crippen LogP contribution in [0.15, 0.2) is 18.7 Å². The minimum Gasteiger partial charge on any atom is -0.383 e. The van der Waals surface area contributed by atoms with E-state index in [1.807, 2.05) is 4.90 Å². The van der Waals surface area contributed by atoms with Crippen molar-refractivity contribution in [2.75, 3.05) is 46.4 Å². The summed E-state index contributed by atoms with van der Waals surface area (Å²) in [7, 11) is 1.71. The van der Waals surface area contributed by atoms with E-state index in [-0.39, 0.29) is 6.03 Å². The average Bonchev–Trinajstić information content (AvgIpc) is 2.82. The summed E-state index contributed by atoms with van der Waals surface area (Å²) in [5.41, 5.74) is 0. The van der Waals surface area contributed by atoms with Gasteiger partial charge in [-0.15, -0.1) is 0 Å². The molecule has 6 nitrogen and oxygen atoms in total. The van der Waals surface area contributed by atoms with Crippen LogP contribution in [0.25, 0.3) is 0 Å². The highest BCUT2D eigenvalue weighted by molar-refractivity contribution is 5.76. The van der Waals surface area contributed by atoms with Gasteiger partial charge in [0, 0.05) is 45.7 Å². The predicted octanol–water partition coefficient (Wildman–Crippen LogP) is 0.505. The molecule has 100 valence electrons. The molecular weight excluding hydrogens is 232 g/mol. The van der Waals surface area contributed by atoms with E-state index in [2.05, 4.69) is 9.88 Å². The summed E-state index contributed by atoms with van der Waals surface area (Å²) in [6.07, 6.45) is 5.87. The standard InChI is InChI=1S/C12H20N4O2/c1-18-10-9-14-4-2-5-15(8-7-14)12(17)16-6-3-13-11-16/h3,6,11H,2,4-5,7-10H2,1H3. The molecule has 18 heavy (non-hydrogen) atoms. The number of hydrogen-bond acceptors (Lipinski definition) is 4. The lowest BCUT2D eigenvalue weighted by molar-refractivity contribution is 0.149. The van der Waals surface area contributed by atoms with Crippen LogP contribution in [0.2, 0.25) is 0 Å². The van der Waals surface area contributed by atoms with Crippen molar-refractivity contribution in [1.82, 2.24) is 19.4 Å². The van der Waals surface area contributed by atoms with Crippen molar-refractivity contribution in [3.8, 4) is 0 Å². The van der Waals surface area contributed by atoms with E-state index in [0.717, 1.165) is 45.8 Å². The summed E-state index contributed by atoms with van der Waals surface area (Å²) in [4.78, 5) is 20.3. The largest absolute Gasteiger partial charge is 0.383 e. The first kappa shape index (κ1) is 13.0. The molecular formula is C12H20N4O2. The Labute approximate surface area is 107 Å². The quantitative estimate of drug-likeness (QED) is 0.786. The van der Waals surface area contributed by atoms with Crippen LogP contribution >= 0.6 is 0 Å². The molecule has 0 aliphatic carbocycles. The second-order valence-electron chi connectivity index (χ2n) is 4.43. The van der Waals surface area contributed by atoms with Gasteiger partial charge in [0.05, 0.1) is 6.61 Å². The predicted molar refractivity (Wildman–Crippen MR) is 67.5 cm³/mol. The summed E-state index contributed by atoms with van der Waals surface area (Å²) >= 11 is 0. The smallest absolute Gasteiger partial charge is 0.329 e. The summed E-state index contributed by atoms with van der Waals surface area (Å²) < 4.78 is 6.62. The van der Waals surface area contributed by atoms with Gasteiger partial charge in [-0.1, -0.05) is 0 Å². The number of carbonyl (C=O) groups excluding carboxylic acids is 1. The number of hydrogen-bond donors (Lipinski definition) is 0. The summed E-state index contributed by atoms with van der Waals surface area (Å²) in [5, 5.41) is 0. The zero-order valence-electron chi connectivity index (χ0n) is 10.8. The number of aromatic nitrogens is 2. The molecule has 0 saturated carbocycles. The molecule has 6 heteroatoms. The first-order chi connectivity index (χ1) is 8.81. The van der Waals surface area contributed by atoms with Crippen molar-refractivity contribution in [3.05, 3.63) is 18.7 Å². The van der Waals surface area contributed by atoms with Gasteiger partial charge in [-0.3, -0.25) is 9.47 Å². The van der Waals surface area contributed by atoms with Crippen molar-refractivity contribution >= 4 is 6.03 Å². The minimum absolute atomic E-state index is 0.0149. The Hall–Kier alpha value is -1.40. The molecule has 0 spiro atoms. The first-order valence-electron chi connectivity index (χ1n) is 6.30. The molecule has 0 N–H and O–H groups in total. The van der Waals surface area contributed by atoms with Crippen LogP contribution in [0, 0.1) is 0 Å². The van der Waals surface area contributed by atoms with Crippen molar-refractivity contribution < 1.29 is 9.53 Å². The Balaban J connectivity index is 1.87. The second-order valence-corrected chi connectivity index (χ2v) is 4.43. The first-order valence-corrected chi connectivity index (χ1v) is 6.30. The fourth-order valence-corrected chi connectivity index (χ4v) is 2.14. The minimum atomic E-state index is 0.0149. The van der Waals surface area contributed by atoms with Gasteiger partial charge in [0.1, 0.15) is 6.33 Å². The van der Waals surface area contributed by atoms with Gasteiger partial charge in [0.15, 0.2) is 0 Å². The SMILES string of the molecule is COCCN1CCCN(C(=O)n2ccnc2)CC1. The summed E-state index contributed by atoms with van der Waals surface area (Å²) in [6, 6.07) is 0.0149. The van der Waals surface area contributed by atoms with Crippen LogP contribution in [0.1, 0.15) is 6.42 Å².